The Kier molecular flexibility index (Phi) is 4.10. The van der Waals surface area contributed by atoms with E-state index in [4.69, 9.17) is 0 Å². The quantitative estimate of drug-likeness (QED) is 0.860. The lowest BCUT2D eigenvalue weighted by atomic mass is 9.95. The van der Waals surface area contributed by atoms with E-state index in [-0.39, 0.29) is 0 Å². The first-order chi connectivity index (χ1) is 9.11. The molecule has 0 heterocycles. The first-order valence-corrected chi connectivity index (χ1v) is 6.69. The Bertz CT molecular complexity index is 561. The van der Waals surface area contributed by atoms with Crippen LogP contribution in [0.1, 0.15) is 36.5 Å². The maximum atomic E-state index is 9.84. The van der Waals surface area contributed by atoms with E-state index in [0.717, 1.165) is 12.0 Å². The van der Waals surface area contributed by atoms with Gasteiger partial charge in [0, 0.05) is 19.2 Å². The lowest BCUT2D eigenvalue weighted by molar-refractivity contribution is 0.469. The van der Waals surface area contributed by atoms with Crippen LogP contribution in [0.2, 0.25) is 0 Å². The highest BCUT2D eigenvalue weighted by Gasteiger charge is 2.08. The number of benzene rings is 2. The van der Waals surface area contributed by atoms with Gasteiger partial charge >= 0.3 is 0 Å². The number of aromatic hydroxyl groups is 1. The minimum Gasteiger partial charge on any atom is -0.508 e. The molecule has 0 saturated carbocycles. The summed E-state index contributed by atoms with van der Waals surface area (Å²) in [6, 6.07) is 14.0. The molecule has 2 aromatic rings. The van der Waals surface area contributed by atoms with E-state index in [1.807, 2.05) is 25.2 Å². The molecule has 0 aliphatic heterocycles. The Hall–Kier alpha value is -1.96. The predicted octanol–water partition coefficient (Wildman–Crippen LogP) is 4.15. The average molecular weight is 255 g/mol. The minimum absolute atomic E-state index is 0.367. The number of hydrogen-bond acceptors (Lipinski definition) is 2. The van der Waals surface area contributed by atoms with Crippen molar-refractivity contribution in [3.63, 3.8) is 0 Å². The van der Waals surface area contributed by atoms with Crippen molar-refractivity contribution in [1.29, 1.82) is 0 Å². The van der Waals surface area contributed by atoms with Gasteiger partial charge in [0.1, 0.15) is 5.75 Å². The number of hydrogen-bond donors (Lipinski definition) is 2. The van der Waals surface area contributed by atoms with Crippen LogP contribution in [0.15, 0.2) is 42.5 Å². The van der Waals surface area contributed by atoms with Crippen molar-refractivity contribution in [3.8, 4) is 5.75 Å². The van der Waals surface area contributed by atoms with Gasteiger partial charge in [-0.1, -0.05) is 44.2 Å². The molecule has 0 aromatic heterocycles. The smallest absolute Gasteiger partial charge is 0.119 e. The monoisotopic (exact) mass is 255 g/mol. The molecular weight excluding hydrogens is 234 g/mol. The molecule has 0 aliphatic carbocycles. The van der Waals surface area contributed by atoms with Crippen LogP contribution < -0.4 is 5.32 Å². The fourth-order valence-corrected chi connectivity index (χ4v) is 2.31. The summed E-state index contributed by atoms with van der Waals surface area (Å²) in [6.45, 7) is 4.39. The van der Waals surface area contributed by atoms with Crippen LogP contribution in [0.3, 0.4) is 0 Å². The van der Waals surface area contributed by atoms with Crippen LogP contribution in [0.25, 0.3) is 0 Å². The fourth-order valence-electron chi connectivity index (χ4n) is 2.31. The third kappa shape index (κ3) is 3.08. The number of nitrogens with one attached hydrogen (secondary N) is 1. The summed E-state index contributed by atoms with van der Waals surface area (Å²) in [7, 11) is 1.95. The fraction of sp³-hybridized carbons (Fsp3) is 0.294. The van der Waals surface area contributed by atoms with Crippen LogP contribution in [0.4, 0.5) is 5.69 Å². The second kappa shape index (κ2) is 5.79. The Balaban J connectivity index is 2.31. The van der Waals surface area contributed by atoms with Gasteiger partial charge in [-0.2, -0.15) is 0 Å². The third-order valence-corrected chi connectivity index (χ3v) is 3.39. The van der Waals surface area contributed by atoms with Crippen LogP contribution in [0.5, 0.6) is 5.75 Å². The molecule has 0 fully saturated rings. The van der Waals surface area contributed by atoms with E-state index in [2.05, 4.69) is 37.4 Å². The molecule has 0 atom stereocenters. The zero-order chi connectivity index (χ0) is 13.8. The largest absolute Gasteiger partial charge is 0.508 e. The molecule has 0 amide bonds. The molecule has 2 N–H and O–H groups in total. The van der Waals surface area contributed by atoms with E-state index in [1.54, 1.807) is 6.07 Å². The normalized spacial score (nSPS) is 10.7. The SMILES string of the molecule is CNc1ccc(Cc2ccccc2O)cc1C(C)C. The van der Waals surface area contributed by atoms with Crippen molar-refractivity contribution in [2.75, 3.05) is 12.4 Å². The van der Waals surface area contributed by atoms with Crippen molar-refractivity contribution in [3.05, 3.63) is 59.2 Å². The van der Waals surface area contributed by atoms with E-state index in [1.165, 1.54) is 16.8 Å². The molecule has 0 unspecified atom stereocenters. The molecule has 0 radical (unpaired) electrons. The lowest BCUT2D eigenvalue weighted by Crippen LogP contribution is -1.99. The Morgan fingerprint density at radius 3 is 2.47 bits per heavy atom. The average Bonchev–Trinajstić information content (AvgIpc) is 2.41. The third-order valence-electron chi connectivity index (χ3n) is 3.39. The second-order valence-electron chi connectivity index (χ2n) is 5.13. The van der Waals surface area contributed by atoms with Crippen LogP contribution >= 0.6 is 0 Å². The molecule has 0 aliphatic rings. The van der Waals surface area contributed by atoms with Gasteiger partial charge in [-0.25, -0.2) is 0 Å². The maximum Gasteiger partial charge on any atom is 0.119 e. The summed E-state index contributed by atoms with van der Waals surface area (Å²) in [6.07, 6.45) is 0.760. The zero-order valence-electron chi connectivity index (χ0n) is 11.8. The van der Waals surface area contributed by atoms with Crippen LogP contribution in [-0.4, -0.2) is 12.2 Å². The molecular formula is C17H21NO. The summed E-state index contributed by atoms with van der Waals surface area (Å²) in [5.74, 6) is 0.845. The number of phenolic OH excluding ortho intramolecular Hbond substituents is 1. The molecule has 0 spiro atoms. The Morgan fingerprint density at radius 1 is 1.11 bits per heavy atom. The van der Waals surface area contributed by atoms with Crippen LogP contribution in [0, 0.1) is 0 Å². The Labute approximate surface area is 115 Å². The summed E-state index contributed by atoms with van der Waals surface area (Å²) >= 11 is 0. The van der Waals surface area contributed by atoms with Gasteiger partial charge in [0.2, 0.25) is 0 Å². The van der Waals surface area contributed by atoms with Crippen molar-refractivity contribution in [1.82, 2.24) is 0 Å². The van der Waals surface area contributed by atoms with Crippen LogP contribution in [-0.2, 0) is 6.42 Å². The van der Waals surface area contributed by atoms with E-state index in [0.29, 0.717) is 11.7 Å². The predicted molar refractivity (Wildman–Crippen MR) is 81.0 cm³/mol. The number of rotatable bonds is 4. The minimum atomic E-state index is 0.367. The first kappa shape index (κ1) is 13.5. The summed E-state index contributed by atoms with van der Waals surface area (Å²) in [5, 5.41) is 13.1. The van der Waals surface area contributed by atoms with Gasteiger partial charge in [-0.3, -0.25) is 0 Å². The standard InChI is InChI=1S/C17H21NO/c1-12(2)15-11-13(8-9-16(15)18-3)10-14-6-4-5-7-17(14)19/h4-9,11-12,18-19H,10H2,1-3H3. The highest BCUT2D eigenvalue weighted by molar-refractivity contribution is 5.54. The highest BCUT2D eigenvalue weighted by Crippen LogP contribution is 2.27. The van der Waals surface area contributed by atoms with Gasteiger partial charge in [-0.05, 0) is 34.7 Å². The molecule has 19 heavy (non-hydrogen) atoms. The molecule has 100 valence electrons. The molecule has 0 saturated heterocycles. The van der Waals surface area contributed by atoms with Gasteiger partial charge in [0.05, 0.1) is 0 Å². The molecule has 0 bridgehead atoms. The lowest BCUT2D eigenvalue weighted by Gasteiger charge is -2.14. The van der Waals surface area contributed by atoms with Crippen molar-refractivity contribution >= 4 is 5.69 Å². The molecule has 2 rings (SSSR count). The van der Waals surface area contributed by atoms with Crippen molar-refractivity contribution in [2.45, 2.75) is 26.2 Å². The van der Waals surface area contributed by atoms with Crippen molar-refractivity contribution < 1.29 is 5.11 Å². The number of para-hydroxylation sites is 1. The highest BCUT2D eigenvalue weighted by atomic mass is 16.3. The molecule has 2 nitrogen and oxygen atoms in total. The number of phenols is 1. The molecule has 2 heteroatoms. The molecule has 2 aromatic carbocycles. The van der Waals surface area contributed by atoms with E-state index < -0.39 is 0 Å². The van der Waals surface area contributed by atoms with Gasteiger partial charge in [0.15, 0.2) is 0 Å². The topological polar surface area (TPSA) is 32.3 Å². The van der Waals surface area contributed by atoms with Gasteiger partial charge < -0.3 is 10.4 Å². The maximum absolute atomic E-state index is 9.84. The number of anilines is 1. The Morgan fingerprint density at radius 2 is 1.84 bits per heavy atom. The van der Waals surface area contributed by atoms with E-state index in [9.17, 15) is 5.11 Å². The zero-order valence-corrected chi connectivity index (χ0v) is 11.8. The van der Waals surface area contributed by atoms with E-state index >= 15 is 0 Å². The van der Waals surface area contributed by atoms with Gasteiger partial charge in [-0.15, -0.1) is 0 Å². The second-order valence-corrected chi connectivity index (χ2v) is 5.13. The summed E-state index contributed by atoms with van der Waals surface area (Å²) < 4.78 is 0. The van der Waals surface area contributed by atoms with Gasteiger partial charge in [0.25, 0.3) is 0 Å². The van der Waals surface area contributed by atoms with Crippen molar-refractivity contribution in [2.24, 2.45) is 0 Å². The first-order valence-electron chi connectivity index (χ1n) is 6.69. The summed E-state index contributed by atoms with van der Waals surface area (Å²) in [4.78, 5) is 0. The summed E-state index contributed by atoms with van der Waals surface area (Å²) in [5.41, 5.74) is 4.69.